The van der Waals surface area contributed by atoms with Crippen LogP contribution in [0.1, 0.15) is 16.7 Å². The van der Waals surface area contributed by atoms with Crippen LogP contribution in [0.5, 0.6) is 0 Å². The lowest BCUT2D eigenvalue weighted by Crippen LogP contribution is -2.44. The number of nitrogens with zero attached hydrogens (tertiary/aromatic N) is 3. The van der Waals surface area contributed by atoms with Crippen molar-refractivity contribution in [3.63, 3.8) is 0 Å². The zero-order valence-corrected chi connectivity index (χ0v) is 17.0. The highest BCUT2D eigenvalue weighted by molar-refractivity contribution is 7.99. The van der Waals surface area contributed by atoms with Gasteiger partial charge in [0.15, 0.2) is 0 Å². The number of likely N-dealkylation sites (N-methyl/N-ethyl adjacent to an activating group) is 1. The van der Waals surface area contributed by atoms with Crippen LogP contribution in [0, 0.1) is 6.92 Å². The molecular weight excluding hydrogens is 356 g/mol. The summed E-state index contributed by atoms with van der Waals surface area (Å²) in [5, 5.41) is 2.98. The summed E-state index contributed by atoms with van der Waals surface area (Å²) in [5.74, 6) is 2.42. The van der Waals surface area contributed by atoms with E-state index in [9.17, 15) is 4.79 Å². The highest BCUT2D eigenvalue weighted by Gasteiger charge is 2.15. The zero-order chi connectivity index (χ0) is 19.1. The van der Waals surface area contributed by atoms with Crippen LogP contribution < -0.4 is 10.2 Å². The van der Waals surface area contributed by atoms with Gasteiger partial charge in [-0.2, -0.15) is 0 Å². The molecule has 0 bridgehead atoms. The molecule has 27 heavy (non-hydrogen) atoms. The fourth-order valence-corrected chi connectivity index (χ4v) is 3.86. The van der Waals surface area contributed by atoms with Crippen molar-refractivity contribution >= 4 is 23.5 Å². The first-order valence-corrected chi connectivity index (χ1v) is 10.5. The van der Waals surface area contributed by atoms with Crippen LogP contribution in [0.15, 0.2) is 42.6 Å². The topological polar surface area (TPSA) is 48.5 Å². The van der Waals surface area contributed by atoms with Gasteiger partial charge in [0.2, 0.25) is 5.91 Å². The SMILES string of the molecule is Cc1cccc(CSCC(=O)NCc2ccc(N3CCN(C)CC3)nc2)c1. The Morgan fingerprint density at radius 1 is 1.15 bits per heavy atom. The summed E-state index contributed by atoms with van der Waals surface area (Å²) >= 11 is 1.64. The molecule has 1 aromatic carbocycles. The number of rotatable bonds is 7. The molecule has 0 radical (unpaired) electrons. The van der Waals surface area contributed by atoms with Crippen LogP contribution in [0.2, 0.25) is 0 Å². The van der Waals surface area contributed by atoms with E-state index in [4.69, 9.17) is 0 Å². The number of hydrogen-bond donors (Lipinski definition) is 1. The van der Waals surface area contributed by atoms with Gasteiger partial charge in [0.05, 0.1) is 5.75 Å². The summed E-state index contributed by atoms with van der Waals surface area (Å²) in [6.45, 7) is 6.78. The van der Waals surface area contributed by atoms with Crippen molar-refractivity contribution in [2.45, 2.75) is 19.2 Å². The molecule has 144 valence electrons. The summed E-state index contributed by atoms with van der Waals surface area (Å²) in [4.78, 5) is 21.3. The molecule has 1 fully saturated rings. The van der Waals surface area contributed by atoms with Gasteiger partial charge in [-0.25, -0.2) is 4.98 Å². The molecule has 2 aromatic rings. The van der Waals surface area contributed by atoms with Gasteiger partial charge in [-0.3, -0.25) is 4.79 Å². The molecule has 1 aromatic heterocycles. The summed E-state index contributed by atoms with van der Waals surface area (Å²) in [6.07, 6.45) is 1.87. The molecule has 1 saturated heterocycles. The normalized spacial score (nSPS) is 15.0. The lowest BCUT2D eigenvalue weighted by Gasteiger charge is -2.33. The number of piperazine rings is 1. The first kappa shape index (κ1) is 19.7. The molecule has 1 aliphatic heterocycles. The minimum absolute atomic E-state index is 0.0656. The van der Waals surface area contributed by atoms with E-state index >= 15 is 0 Å². The minimum Gasteiger partial charge on any atom is -0.354 e. The Balaban J connectivity index is 1.38. The maximum absolute atomic E-state index is 12.1. The number of amides is 1. The molecule has 0 atom stereocenters. The van der Waals surface area contributed by atoms with E-state index in [0.29, 0.717) is 12.3 Å². The van der Waals surface area contributed by atoms with Crippen molar-refractivity contribution < 1.29 is 4.79 Å². The second-order valence-corrected chi connectivity index (χ2v) is 8.06. The van der Waals surface area contributed by atoms with Gasteiger partial charge in [-0.1, -0.05) is 35.9 Å². The third kappa shape index (κ3) is 6.26. The van der Waals surface area contributed by atoms with E-state index in [1.54, 1.807) is 11.8 Å². The van der Waals surface area contributed by atoms with E-state index < -0.39 is 0 Å². The summed E-state index contributed by atoms with van der Waals surface area (Å²) < 4.78 is 0. The molecule has 0 saturated carbocycles. The molecule has 2 heterocycles. The molecule has 1 N–H and O–H groups in total. The third-order valence-electron chi connectivity index (χ3n) is 4.71. The Labute approximate surface area is 166 Å². The van der Waals surface area contributed by atoms with Gasteiger partial charge in [0.1, 0.15) is 5.82 Å². The predicted octanol–water partition coefficient (Wildman–Crippen LogP) is 2.69. The predicted molar refractivity (Wildman–Crippen MR) is 113 cm³/mol. The number of pyridine rings is 1. The van der Waals surface area contributed by atoms with E-state index in [2.05, 4.69) is 70.5 Å². The number of hydrogen-bond acceptors (Lipinski definition) is 5. The van der Waals surface area contributed by atoms with Gasteiger partial charge in [0.25, 0.3) is 0 Å². The van der Waals surface area contributed by atoms with Crippen molar-refractivity contribution in [2.24, 2.45) is 0 Å². The Hall–Kier alpha value is -2.05. The molecule has 3 rings (SSSR count). The highest BCUT2D eigenvalue weighted by atomic mass is 32.2. The van der Waals surface area contributed by atoms with Crippen molar-refractivity contribution in [1.82, 2.24) is 15.2 Å². The summed E-state index contributed by atoms with van der Waals surface area (Å²) in [5.41, 5.74) is 3.55. The quantitative estimate of drug-likeness (QED) is 0.795. The number of carbonyl (C=O) groups excluding carboxylic acids is 1. The van der Waals surface area contributed by atoms with Crippen LogP contribution >= 0.6 is 11.8 Å². The Morgan fingerprint density at radius 3 is 2.67 bits per heavy atom. The average Bonchev–Trinajstić information content (AvgIpc) is 2.68. The first-order chi connectivity index (χ1) is 13.1. The van der Waals surface area contributed by atoms with Crippen LogP contribution in [0.4, 0.5) is 5.82 Å². The number of aromatic nitrogens is 1. The lowest BCUT2D eigenvalue weighted by molar-refractivity contribution is -0.118. The van der Waals surface area contributed by atoms with Gasteiger partial charge < -0.3 is 15.1 Å². The van der Waals surface area contributed by atoms with E-state index in [-0.39, 0.29) is 5.91 Å². The maximum Gasteiger partial charge on any atom is 0.230 e. The zero-order valence-electron chi connectivity index (χ0n) is 16.1. The number of thioether (sulfide) groups is 1. The lowest BCUT2D eigenvalue weighted by atomic mass is 10.2. The van der Waals surface area contributed by atoms with Crippen LogP contribution in [-0.2, 0) is 17.1 Å². The summed E-state index contributed by atoms with van der Waals surface area (Å²) in [6, 6.07) is 12.5. The second-order valence-electron chi connectivity index (χ2n) is 7.07. The van der Waals surface area contributed by atoms with Crippen LogP contribution in [-0.4, -0.2) is 54.8 Å². The van der Waals surface area contributed by atoms with Gasteiger partial charge in [-0.15, -0.1) is 11.8 Å². The number of carbonyl (C=O) groups is 1. The Kier molecular flexibility index (Phi) is 7.12. The Morgan fingerprint density at radius 2 is 1.96 bits per heavy atom. The fourth-order valence-electron chi connectivity index (χ4n) is 3.06. The molecule has 0 spiro atoms. The summed E-state index contributed by atoms with van der Waals surface area (Å²) in [7, 11) is 2.15. The van der Waals surface area contributed by atoms with Crippen molar-refractivity contribution in [1.29, 1.82) is 0 Å². The van der Waals surface area contributed by atoms with E-state index in [1.165, 1.54) is 11.1 Å². The van der Waals surface area contributed by atoms with Crippen molar-refractivity contribution in [2.75, 3.05) is 43.9 Å². The van der Waals surface area contributed by atoms with Crippen LogP contribution in [0.3, 0.4) is 0 Å². The number of aryl methyl sites for hydroxylation is 1. The first-order valence-electron chi connectivity index (χ1n) is 9.38. The highest BCUT2D eigenvalue weighted by Crippen LogP contribution is 2.15. The van der Waals surface area contributed by atoms with E-state index in [0.717, 1.165) is 43.3 Å². The van der Waals surface area contributed by atoms with Crippen molar-refractivity contribution in [3.05, 3.63) is 59.3 Å². The molecule has 0 unspecified atom stereocenters. The number of benzene rings is 1. The molecule has 1 amide bonds. The molecule has 0 aliphatic carbocycles. The molecule has 5 nitrogen and oxygen atoms in total. The smallest absolute Gasteiger partial charge is 0.230 e. The monoisotopic (exact) mass is 384 g/mol. The molecular formula is C21H28N4OS. The average molecular weight is 385 g/mol. The standard InChI is InChI=1S/C21H28N4OS/c1-17-4-3-5-18(12-17)15-27-16-21(26)23-14-19-6-7-20(22-13-19)25-10-8-24(2)9-11-25/h3-7,12-13H,8-11,14-16H2,1-2H3,(H,23,26). The van der Waals surface area contributed by atoms with Gasteiger partial charge >= 0.3 is 0 Å². The second kappa shape index (κ2) is 9.76. The van der Waals surface area contributed by atoms with Crippen LogP contribution in [0.25, 0.3) is 0 Å². The molecule has 6 heteroatoms. The van der Waals surface area contributed by atoms with E-state index in [1.807, 2.05) is 6.20 Å². The minimum atomic E-state index is 0.0656. The van der Waals surface area contributed by atoms with Gasteiger partial charge in [0, 0.05) is 44.7 Å². The number of nitrogens with one attached hydrogen (secondary N) is 1. The van der Waals surface area contributed by atoms with Gasteiger partial charge in [-0.05, 0) is 31.2 Å². The third-order valence-corrected chi connectivity index (χ3v) is 5.71. The largest absolute Gasteiger partial charge is 0.354 e. The van der Waals surface area contributed by atoms with Crippen molar-refractivity contribution in [3.8, 4) is 0 Å². The maximum atomic E-state index is 12.1. The Bertz CT molecular complexity index is 742. The molecule has 1 aliphatic rings. The number of anilines is 1. The fraction of sp³-hybridized carbons (Fsp3) is 0.429.